The van der Waals surface area contributed by atoms with E-state index in [9.17, 15) is 0 Å². The third kappa shape index (κ3) is 3.98. The molecule has 1 fully saturated rings. The van der Waals surface area contributed by atoms with E-state index in [2.05, 4.69) is 15.3 Å². The van der Waals surface area contributed by atoms with Crippen LogP contribution in [0, 0.1) is 6.92 Å². The van der Waals surface area contributed by atoms with Crippen LogP contribution in [0.25, 0.3) is 0 Å². The highest BCUT2D eigenvalue weighted by Gasteiger charge is 2.14. The SMILES string of the molecule is Cc1nc(CN=C(N)NC[C@H]2CCCO2)cs1. The van der Waals surface area contributed by atoms with E-state index in [0.717, 1.165) is 36.7 Å². The second kappa shape index (κ2) is 5.97. The van der Waals surface area contributed by atoms with Gasteiger partial charge in [0.25, 0.3) is 0 Å². The van der Waals surface area contributed by atoms with Crippen LogP contribution in [0.4, 0.5) is 0 Å². The summed E-state index contributed by atoms with van der Waals surface area (Å²) in [5.41, 5.74) is 6.73. The molecular formula is C11H18N4OS. The van der Waals surface area contributed by atoms with Gasteiger partial charge in [0.2, 0.25) is 0 Å². The predicted molar refractivity (Wildman–Crippen MR) is 69.2 cm³/mol. The van der Waals surface area contributed by atoms with E-state index in [1.165, 1.54) is 0 Å². The van der Waals surface area contributed by atoms with Crippen molar-refractivity contribution in [2.24, 2.45) is 10.7 Å². The standard InChI is InChI=1S/C11H18N4OS/c1-8-15-9(7-17-8)5-13-11(12)14-6-10-3-2-4-16-10/h7,10H,2-6H2,1H3,(H3,12,13,14)/t10-/m1/s1. The molecule has 1 aromatic rings. The van der Waals surface area contributed by atoms with Crippen LogP contribution in [0.5, 0.6) is 0 Å². The number of nitrogens with zero attached hydrogens (tertiary/aromatic N) is 2. The summed E-state index contributed by atoms with van der Waals surface area (Å²) in [5, 5.41) is 6.14. The summed E-state index contributed by atoms with van der Waals surface area (Å²) in [7, 11) is 0. The Labute approximate surface area is 105 Å². The third-order valence-corrected chi connectivity index (χ3v) is 3.44. The molecule has 0 radical (unpaired) electrons. The van der Waals surface area contributed by atoms with E-state index in [0.29, 0.717) is 12.5 Å². The minimum absolute atomic E-state index is 0.283. The topological polar surface area (TPSA) is 72.5 Å². The average molecular weight is 254 g/mol. The zero-order valence-corrected chi connectivity index (χ0v) is 10.8. The first-order valence-electron chi connectivity index (χ1n) is 5.80. The fourth-order valence-corrected chi connectivity index (χ4v) is 2.33. The van der Waals surface area contributed by atoms with Crippen LogP contribution in [0.15, 0.2) is 10.4 Å². The minimum atomic E-state index is 0.283. The predicted octanol–water partition coefficient (Wildman–Crippen LogP) is 1.03. The van der Waals surface area contributed by atoms with E-state index >= 15 is 0 Å². The second-order valence-electron chi connectivity index (χ2n) is 4.08. The molecule has 2 rings (SSSR count). The monoisotopic (exact) mass is 254 g/mol. The normalized spacial score (nSPS) is 20.8. The van der Waals surface area contributed by atoms with E-state index < -0.39 is 0 Å². The lowest BCUT2D eigenvalue weighted by Crippen LogP contribution is -2.37. The lowest BCUT2D eigenvalue weighted by Gasteiger charge is -2.10. The maximum atomic E-state index is 5.77. The maximum Gasteiger partial charge on any atom is 0.189 e. The molecule has 1 aromatic heterocycles. The van der Waals surface area contributed by atoms with Gasteiger partial charge in [-0.15, -0.1) is 11.3 Å². The van der Waals surface area contributed by atoms with E-state index in [1.54, 1.807) is 11.3 Å². The van der Waals surface area contributed by atoms with Crippen molar-refractivity contribution in [2.75, 3.05) is 13.2 Å². The number of aromatic nitrogens is 1. The smallest absolute Gasteiger partial charge is 0.189 e. The highest BCUT2D eigenvalue weighted by Crippen LogP contribution is 2.10. The van der Waals surface area contributed by atoms with Crippen LogP contribution in [0.2, 0.25) is 0 Å². The molecule has 0 aliphatic carbocycles. The molecule has 1 aliphatic rings. The number of guanidine groups is 1. The Hall–Kier alpha value is -1.14. The first kappa shape index (κ1) is 12.3. The van der Waals surface area contributed by atoms with Crippen LogP contribution < -0.4 is 11.1 Å². The molecule has 6 heteroatoms. The van der Waals surface area contributed by atoms with Crippen molar-refractivity contribution < 1.29 is 4.74 Å². The first-order chi connectivity index (χ1) is 8.24. The molecule has 0 unspecified atom stereocenters. The summed E-state index contributed by atoms with van der Waals surface area (Å²) in [5.74, 6) is 0.464. The molecule has 0 bridgehead atoms. The van der Waals surface area contributed by atoms with Crippen LogP contribution in [-0.4, -0.2) is 30.2 Å². The van der Waals surface area contributed by atoms with Crippen molar-refractivity contribution in [1.82, 2.24) is 10.3 Å². The van der Waals surface area contributed by atoms with Gasteiger partial charge in [0, 0.05) is 18.5 Å². The van der Waals surface area contributed by atoms with Crippen LogP contribution in [-0.2, 0) is 11.3 Å². The number of thiazole rings is 1. The average Bonchev–Trinajstić information content (AvgIpc) is 2.95. The molecular weight excluding hydrogens is 236 g/mol. The van der Waals surface area contributed by atoms with Crippen LogP contribution in [0.1, 0.15) is 23.5 Å². The molecule has 0 saturated carbocycles. The van der Waals surface area contributed by atoms with Gasteiger partial charge in [-0.2, -0.15) is 0 Å². The summed E-state index contributed by atoms with van der Waals surface area (Å²) in [4.78, 5) is 8.56. The van der Waals surface area contributed by atoms with Crippen LogP contribution >= 0.6 is 11.3 Å². The molecule has 1 aliphatic heterocycles. The molecule has 17 heavy (non-hydrogen) atoms. The zero-order valence-electron chi connectivity index (χ0n) is 9.98. The molecule has 94 valence electrons. The van der Waals surface area contributed by atoms with E-state index in [4.69, 9.17) is 10.5 Å². The largest absolute Gasteiger partial charge is 0.376 e. The van der Waals surface area contributed by atoms with E-state index in [1.807, 2.05) is 12.3 Å². The van der Waals surface area contributed by atoms with Crippen molar-refractivity contribution in [1.29, 1.82) is 0 Å². The van der Waals surface area contributed by atoms with Gasteiger partial charge in [0.05, 0.1) is 23.4 Å². The molecule has 0 aromatic carbocycles. The number of aryl methyl sites for hydroxylation is 1. The second-order valence-corrected chi connectivity index (χ2v) is 5.14. The number of hydrogen-bond donors (Lipinski definition) is 2. The molecule has 1 saturated heterocycles. The number of ether oxygens (including phenoxy) is 1. The molecule has 5 nitrogen and oxygen atoms in total. The first-order valence-corrected chi connectivity index (χ1v) is 6.68. The van der Waals surface area contributed by atoms with Crippen LogP contribution in [0.3, 0.4) is 0 Å². The molecule has 0 amide bonds. The summed E-state index contributed by atoms with van der Waals surface area (Å²) < 4.78 is 5.49. The molecule has 2 heterocycles. The third-order valence-electron chi connectivity index (χ3n) is 2.61. The number of aliphatic imine (C=N–C) groups is 1. The lowest BCUT2D eigenvalue weighted by atomic mass is 10.2. The van der Waals surface area contributed by atoms with E-state index in [-0.39, 0.29) is 6.10 Å². The maximum absolute atomic E-state index is 5.77. The Kier molecular flexibility index (Phi) is 4.33. The Bertz CT molecular complexity index is 385. The summed E-state index contributed by atoms with van der Waals surface area (Å²) in [6, 6.07) is 0. The van der Waals surface area contributed by atoms with Crippen molar-refractivity contribution in [3.63, 3.8) is 0 Å². The Morgan fingerprint density at radius 1 is 1.76 bits per heavy atom. The Balaban J connectivity index is 1.73. The fourth-order valence-electron chi connectivity index (χ4n) is 1.73. The highest BCUT2D eigenvalue weighted by atomic mass is 32.1. The Morgan fingerprint density at radius 2 is 2.65 bits per heavy atom. The van der Waals surface area contributed by atoms with Gasteiger partial charge in [-0.25, -0.2) is 9.98 Å². The zero-order chi connectivity index (χ0) is 12.1. The molecule has 1 atom stereocenters. The highest BCUT2D eigenvalue weighted by molar-refractivity contribution is 7.09. The lowest BCUT2D eigenvalue weighted by molar-refractivity contribution is 0.114. The van der Waals surface area contributed by atoms with Crippen molar-refractivity contribution in [3.05, 3.63) is 16.1 Å². The summed E-state index contributed by atoms with van der Waals surface area (Å²) in [6.45, 7) is 4.12. The van der Waals surface area contributed by atoms with Gasteiger partial charge < -0.3 is 15.8 Å². The minimum Gasteiger partial charge on any atom is -0.376 e. The van der Waals surface area contributed by atoms with Gasteiger partial charge in [-0.3, -0.25) is 0 Å². The number of hydrogen-bond acceptors (Lipinski definition) is 4. The van der Waals surface area contributed by atoms with Gasteiger partial charge in [-0.05, 0) is 19.8 Å². The Morgan fingerprint density at radius 3 is 3.29 bits per heavy atom. The molecule has 3 N–H and O–H groups in total. The number of nitrogens with two attached hydrogens (primary N) is 1. The fraction of sp³-hybridized carbons (Fsp3) is 0.636. The van der Waals surface area contributed by atoms with Crippen molar-refractivity contribution in [2.45, 2.75) is 32.4 Å². The summed E-state index contributed by atoms with van der Waals surface area (Å²) in [6.07, 6.45) is 2.53. The van der Waals surface area contributed by atoms with Gasteiger partial charge >= 0.3 is 0 Å². The van der Waals surface area contributed by atoms with Crippen molar-refractivity contribution >= 4 is 17.3 Å². The van der Waals surface area contributed by atoms with Gasteiger partial charge in [0.1, 0.15) is 0 Å². The number of rotatable bonds is 4. The quantitative estimate of drug-likeness (QED) is 0.622. The van der Waals surface area contributed by atoms with Crippen molar-refractivity contribution in [3.8, 4) is 0 Å². The number of nitrogens with one attached hydrogen (secondary N) is 1. The molecule has 0 spiro atoms. The van der Waals surface area contributed by atoms with Gasteiger partial charge in [0.15, 0.2) is 5.96 Å². The summed E-state index contributed by atoms with van der Waals surface area (Å²) >= 11 is 1.63. The van der Waals surface area contributed by atoms with Gasteiger partial charge in [-0.1, -0.05) is 0 Å².